The Bertz CT molecular complexity index is 657. The summed E-state index contributed by atoms with van der Waals surface area (Å²) in [6.07, 6.45) is 3.88. The number of nitrogens with one attached hydrogen (secondary N) is 2. The summed E-state index contributed by atoms with van der Waals surface area (Å²) >= 11 is 5.81. The zero-order valence-corrected chi connectivity index (χ0v) is 11.9. The molecule has 21 heavy (non-hydrogen) atoms. The van der Waals surface area contributed by atoms with Crippen LogP contribution in [-0.4, -0.2) is 20.8 Å². The van der Waals surface area contributed by atoms with Crippen LogP contribution in [0.2, 0.25) is 5.02 Å². The van der Waals surface area contributed by atoms with E-state index in [1.807, 2.05) is 6.92 Å². The van der Waals surface area contributed by atoms with Crippen molar-refractivity contribution in [2.45, 2.75) is 19.4 Å². The summed E-state index contributed by atoms with van der Waals surface area (Å²) in [6, 6.07) is 3.47. The fourth-order valence-electron chi connectivity index (χ4n) is 1.88. The molecule has 0 radical (unpaired) electrons. The van der Waals surface area contributed by atoms with Gasteiger partial charge in [-0.05, 0) is 12.5 Å². The third-order valence-electron chi connectivity index (χ3n) is 2.92. The zero-order chi connectivity index (χ0) is 15.4. The number of imidazole rings is 1. The zero-order valence-electron chi connectivity index (χ0n) is 11.2. The number of non-ortho nitro benzene ring substituents is 1. The lowest BCUT2D eigenvalue weighted by Gasteiger charge is -2.14. The molecule has 110 valence electrons. The number of rotatable bonds is 5. The third kappa shape index (κ3) is 3.57. The molecule has 0 saturated carbocycles. The Kier molecular flexibility index (Phi) is 4.54. The number of aromatic amines is 1. The van der Waals surface area contributed by atoms with Crippen LogP contribution in [0.1, 0.15) is 35.6 Å². The number of hydrogen-bond acceptors (Lipinski definition) is 4. The molecule has 2 rings (SSSR count). The van der Waals surface area contributed by atoms with E-state index in [1.165, 1.54) is 18.2 Å². The van der Waals surface area contributed by atoms with E-state index in [0.29, 0.717) is 12.2 Å². The summed E-state index contributed by atoms with van der Waals surface area (Å²) < 4.78 is 0. The van der Waals surface area contributed by atoms with Gasteiger partial charge in [0.1, 0.15) is 5.82 Å². The van der Waals surface area contributed by atoms with Crippen LogP contribution in [0, 0.1) is 10.1 Å². The Morgan fingerprint density at radius 3 is 2.86 bits per heavy atom. The first-order valence-corrected chi connectivity index (χ1v) is 6.64. The largest absolute Gasteiger partial charge is 0.347 e. The molecule has 2 N–H and O–H groups in total. The number of hydrogen-bond donors (Lipinski definition) is 2. The molecule has 8 heteroatoms. The van der Waals surface area contributed by atoms with Gasteiger partial charge in [0.25, 0.3) is 11.6 Å². The standard InChI is InChI=1S/C13H13ClN4O3/c1-2-11(12-15-3-4-16-12)17-13(19)8-5-9(14)7-10(6-8)18(20)21/h3-7,11H,2H2,1H3,(H,15,16)(H,17,19). The number of carbonyl (C=O) groups excluding carboxylic acids is 1. The van der Waals surface area contributed by atoms with Crippen LogP contribution in [0.3, 0.4) is 0 Å². The monoisotopic (exact) mass is 308 g/mol. The summed E-state index contributed by atoms with van der Waals surface area (Å²) in [5, 5.41) is 13.7. The summed E-state index contributed by atoms with van der Waals surface area (Å²) in [5.74, 6) is 0.186. The fourth-order valence-corrected chi connectivity index (χ4v) is 2.11. The molecule has 1 unspecified atom stereocenters. The first-order valence-electron chi connectivity index (χ1n) is 6.26. The van der Waals surface area contributed by atoms with Gasteiger partial charge < -0.3 is 10.3 Å². The second-order valence-corrected chi connectivity index (χ2v) is 4.80. The maximum Gasteiger partial charge on any atom is 0.271 e. The molecule has 1 amide bonds. The Hall–Kier alpha value is -2.41. The van der Waals surface area contributed by atoms with Gasteiger partial charge in [0.2, 0.25) is 0 Å². The van der Waals surface area contributed by atoms with Crippen molar-refractivity contribution in [1.29, 1.82) is 0 Å². The van der Waals surface area contributed by atoms with E-state index in [1.54, 1.807) is 12.4 Å². The van der Waals surface area contributed by atoms with Crippen molar-refractivity contribution in [3.8, 4) is 0 Å². The van der Waals surface area contributed by atoms with Gasteiger partial charge in [-0.15, -0.1) is 0 Å². The summed E-state index contributed by atoms with van der Waals surface area (Å²) in [5.41, 5.74) is -0.0853. The van der Waals surface area contributed by atoms with Gasteiger partial charge in [0, 0.05) is 35.1 Å². The maximum absolute atomic E-state index is 12.2. The van der Waals surface area contributed by atoms with Gasteiger partial charge >= 0.3 is 0 Å². The second kappa shape index (κ2) is 6.36. The van der Waals surface area contributed by atoms with Crippen molar-refractivity contribution in [1.82, 2.24) is 15.3 Å². The van der Waals surface area contributed by atoms with E-state index in [-0.39, 0.29) is 22.3 Å². The molecular weight excluding hydrogens is 296 g/mol. The van der Waals surface area contributed by atoms with Crippen molar-refractivity contribution in [3.05, 3.63) is 57.1 Å². The molecule has 1 atom stereocenters. The topological polar surface area (TPSA) is 101 Å². The van der Waals surface area contributed by atoms with Crippen LogP contribution in [0.5, 0.6) is 0 Å². The lowest BCUT2D eigenvalue weighted by molar-refractivity contribution is -0.384. The number of nitro benzene ring substituents is 1. The van der Waals surface area contributed by atoms with E-state index in [9.17, 15) is 14.9 Å². The molecule has 0 bridgehead atoms. The van der Waals surface area contributed by atoms with Gasteiger partial charge in [-0.25, -0.2) is 4.98 Å². The average molecular weight is 309 g/mol. The summed E-state index contributed by atoms with van der Waals surface area (Å²) in [7, 11) is 0. The highest BCUT2D eigenvalue weighted by atomic mass is 35.5. The number of aromatic nitrogens is 2. The molecule has 2 aromatic rings. The normalized spacial score (nSPS) is 11.9. The lowest BCUT2D eigenvalue weighted by Crippen LogP contribution is -2.28. The van der Waals surface area contributed by atoms with Gasteiger partial charge in [-0.3, -0.25) is 14.9 Å². The Morgan fingerprint density at radius 2 is 2.29 bits per heavy atom. The molecule has 7 nitrogen and oxygen atoms in total. The number of nitrogens with zero attached hydrogens (tertiary/aromatic N) is 2. The van der Waals surface area contributed by atoms with Crippen LogP contribution in [0.15, 0.2) is 30.6 Å². The minimum absolute atomic E-state index is 0.138. The Balaban J connectivity index is 2.22. The van der Waals surface area contributed by atoms with Crippen molar-refractivity contribution in [2.24, 2.45) is 0 Å². The number of amides is 1. The van der Waals surface area contributed by atoms with Gasteiger partial charge in [0.05, 0.1) is 11.0 Å². The Labute approximate surface area is 125 Å². The number of nitro groups is 1. The maximum atomic E-state index is 12.2. The number of carbonyl (C=O) groups is 1. The average Bonchev–Trinajstić information content (AvgIpc) is 2.97. The molecule has 0 aliphatic carbocycles. The minimum atomic E-state index is -0.591. The molecule has 0 aliphatic rings. The van der Waals surface area contributed by atoms with Crippen LogP contribution >= 0.6 is 11.6 Å². The first-order chi connectivity index (χ1) is 10.0. The van der Waals surface area contributed by atoms with Gasteiger partial charge in [0.15, 0.2) is 0 Å². The van der Waals surface area contributed by atoms with E-state index >= 15 is 0 Å². The number of halogens is 1. The second-order valence-electron chi connectivity index (χ2n) is 4.36. The van der Waals surface area contributed by atoms with Crippen molar-refractivity contribution < 1.29 is 9.72 Å². The van der Waals surface area contributed by atoms with E-state index in [0.717, 1.165) is 0 Å². The quantitative estimate of drug-likeness (QED) is 0.655. The molecule has 0 fully saturated rings. The predicted octanol–water partition coefficient (Wildman–Crippen LogP) is 2.85. The molecule has 1 aromatic heterocycles. The summed E-state index contributed by atoms with van der Waals surface area (Å²) in [6.45, 7) is 1.90. The third-order valence-corrected chi connectivity index (χ3v) is 3.14. The van der Waals surface area contributed by atoms with Crippen LogP contribution in [-0.2, 0) is 0 Å². The summed E-state index contributed by atoms with van der Waals surface area (Å²) in [4.78, 5) is 29.4. The molecule has 0 aliphatic heterocycles. The van der Waals surface area contributed by atoms with Crippen LogP contribution < -0.4 is 5.32 Å². The Morgan fingerprint density at radius 1 is 1.52 bits per heavy atom. The SMILES string of the molecule is CCC(NC(=O)c1cc(Cl)cc([N+](=O)[O-])c1)c1ncc[nH]1. The highest BCUT2D eigenvalue weighted by Crippen LogP contribution is 2.22. The molecule has 0 saturated heterocycles. The minimum Gasteiger partial charge on any atom is -0.347 e. The number of H-pyrrole nitrogens is 1. The van der Waals surface area contributed by atoms with E-state index in [2.05, 4.69) is 15.3 Å². The van der Waals surface area contributed by atoms with Crippen molar-refractivity contribution in [3.63, 3.8) is 0 Å². The van der Waals surface area contributed by atoms with Crippen LogP contribution in [0.4, 0.5) is 5.69 Å². The number of benzene rings is 1. The highest BCUT2D eigenvalue weighted by Gasteiger charge is 2.18. The molecule has 1 heterocycles. The van der Waals surface area contributed by atoms with Crippen molar-refractivity contribution >= 4 is 23.2 Å². The highest BCUT2D eigenvalue weighted by molar-refractivity contribution is 6.31. The van der Waals surface area contributed by atoms with Crippen molar-refractivity contribution in [2.75, 3.05) is 0 Å². The predicted molar refractivity (Wildman–Crippen MR) is 77.2 cm³/mol. The molecular formula is C13H13ClN4O3. The van der Waals surface area contributed by atoms with Gasteiger partial charge in [-0.1, -0.05) is 18.5 Å². The molecule has 1 aromatic carbocycles. The van der Waals surface area contributed by atoms with Gasteiger partial charge in [-0.2, -0.15) is 0 Å². The fraction of sp³-hybridized carbons (Fsp3) is 0.231. The lowest BCUT2D eigenvalue weighted by atomic mass is 10.1. The van der Waals surface area contributed by atoms with E-state index in [4.69, 9.17) is 11.6 Å². The molecule has 0 spiro atoms. The van der Waals surface area contributed by atoms with E-state index < -0.39 is 10.8 Å². The first kappa shape index (κ1) is 15.0. The smallest absolute Gasteiger partial charge is 0.271 e. The van der Waals surface area contributed by atoms with Crippen LogP contribution in [0.25, 0.3) is 0 Å².